The number of ether oxygens (including phenoxy) is 1. The van der Waals surface area contributed by atoms with Crippen LogP contribution in [0.15, 0.2) is 22.7 Å². The van der Waals surface area contributed by atoms with Gasteiger partial charge in [-0.1, -0.05) is 15.9 Å². The minimum absolute atomic E-state index is 0.223. The highest BCUT2D eigenvalue weighted by molar-refractivity contribution is 9.10. The molecule has 1 aliphatic rings. The molecule has 1 heterocycles. The van der Waals surface area contributed by atoms with E-state index in [-0.39, 0.29) is 6.10 Å². The first kappa shape index (κ1) is 9.80. The molecule has 3 nitrogen and oxygen atoms in total. The Hall–Kier alpha value is -0.740. The van der Waals surface area contributed by atoms with Crippen molar-refractivity contribution in [2.45, 2.75) is 6.10 Å². The Balaban J connectivity index is 2.21. The molecule has 1 aromatic carbocycles. The molecule has 4 heteroatoms. The molecule has 0 amide bonds. The summed E-state index contributed by atoms with van der Waals surface area (Å²) in [5, 5.41) is 6.69. The quantitative estimate of drug-likeness (QED) is 0.809. The number of benzene rings is 1. The standard InChI is InChI=1S/C10H13BrN2O/c1-14-8-5-12-9-3-2-7(11)4-10(9)13-6-8/h2-4,8,12-13H,5-6H2,1H3. The third-order valence-electron chi connectivity index (χ3n) is 2.36. The number of hydrogen-bond donors (Lipinski definition) is 2. The molecule has 0 spiro atoms. The Kier molecular flexibility index (Phi) is 2.93. The molecule has 0 saturated carbocycles. The lowest BCUT2D eigenvalue weighted by molar-refractivity contribution is 0.124. The number of hydrogen-bond acceptors (Lipinski definition) is 3. The summed E-state index contributed by atoms with van der Waals surface area (Å²) in [5.74, 6) is 0. The second-order valence-corrected chi connectivity index (χ2v) is 4.23. The molecular formula is C10H13BrN2O. The second kappa shape index (κ2) is 4.19. The van der Waals surface area contributed by atoms with E-state index < -0.39 is 0 Å². The Morgan fingerprint density at radius 1 is 1.29 bits per heavy atom. The lowest BCUT2D eigenvalue weighted by Gasteiger charge is -2.11. The maximum absolute atomic E-state index is 5.30. The van der Waals surface area contributed by atoms with E-state index in [4.69, 9.17) is 4.74 Å². The summed E-state index contributed by atoms with van der Waals surface area (Å²) in [6, 6.07) is 6.16. The van der Waals surface area contributed by atoms with E-state index in [9.17, 15) is 0 Å². The highest BCUT2D eigenvalue weighted by Gasteiger charge is 2.13. The Bertz CT molecular complexity index is 330. The van der Waals surface area contributed by atoms with Gasteiger partial charge in [0.25, 0.3) is 0 Å². The first-order valence-corrected chi connectivity index (χ1v) is 5.39. The summed E-state index contributed by atoms with van der Waals surface area (Å²) in [7, 11) is 1.74. The van der Waals surface area contributed by atoms with E-state index in [0.29, 0.717) is 0 Å². The first-order chi connectivity index (χ1) is 6.79. The average molecular weight is 257 g/mol. The van der Waals surface area contributed by atoms with Crippen molar-refractivity contribution in [1.82, 2.24) is 0 Å². The van der Waals surface area contributed by atoms with Gasteiger partial charge in [-0.15, -0.1) is 0 Å². The predicted octanol–water partition coefficient (Wildman–Crippen LogP) is 2.30. The van der Waals surface area contributed by atoms with Crippen LogP contribution in [0, 0.1) is 0 Å². The molecule has 1 unspecified atom stereocenters. The minimum atomic E-state index is 0.223. The number of fused-ring (bicyclic) bond motifs is 1. The fraction of sp³-hybridized carbons (Fsp3) is 0.400. The van der Waals surface area contributed by atoms with Crippen LogP contribution in [0.1, 0.15) is 0 Å². The molecule has 1 aromatic rings. The van der Waals surface area contributed by atoms with Gasteiger partial charge < -0.3 is 15.4 Å². The van der Waals surface area contributed by atoms with Gasteiger partial charge in [0.2, 0.25) is 0 Å². The van der Waals surface area contributed by atoms with Crippen LogP contribution in [0.4, 0.5) is 11.4 Å². The number of anilines is 2. The second-order valence-electron chi connectivity index (χ2n) is 3.31. The summed E-state index contributed by atoms with van der Waals surface area (Å²) < 4.78 is 6.38. The van der Waals surface area contributed by atoms with Gasteiger partial charge in [-0.25, -0.2) is 0 Å². The highest BCUT2D eigenvalue weighted by atomic mass is 79.9. The Labute approximate surface area is 92.0 Å². The zero-order valence-corrected chi connectivity index (χ0v) is 9.60. The fourth-order valence-electron chi connectivity index (χ4n) is 1.50. The molecule has 0 aliphatic carbocycles. The molecule has 0 radical (unpaired) electrons. The highest BCUT2D eigenvalue weighted by Crippen LogP contribution is 2.27. The third kappa shape index (κ3) is 2.01. The van der Waals surface area contributed by atoms with E-state index >= 15 is 0 Å². The normalized spacial score (nSPS) is 20.3. The topological polar surface area (TPSA) is 33.3 Å². The van der Waals surface area contributed by atoms with Gasteiger partial charge in [0.1, 0.15) is 0 Å². The first-order valence-electron chi connectivity index (χ1n) is 4.59. The minimum Gasteiger partial charge on any atom is -0.381 e. The van der Waals surface area contributed by atoms with Crippen molar-refractivity contribution >= 4 is 27.3 Å². The van der Waals surface area contributed by atoms with E-state index in [1.165, 1.54) is 0 Å². The Morgan fingerprint density at radius 2 is 2.00 bits per heavy atom. The average Bonchev–Trinajstić information content (AvgIpc) is 2.39. The predicted molar refractivity (Wildman–Crippen MR) is 61.9 cm³/mol. The lowest BCUT2D eigenvalue weighted by Crippen LogP contribution is -2.26. The SMILES string of the molecule is COC1CNc2ccc(Br)cc2NC1. The number of methoxy groups -OCH3 is 1. The van der Waals surface area contributed by atoms with Crippen molar-refractivity contribution in [1.29, 1.82) is 0 Å². The molecule has 0 bridgehead atoms. The van der Waals surface area contributed by atoms with Crippen molar-refractivity contribution in [2.24, 2.45) is 0 Å². The summed E-state index contributed by atoms with van der Waals surface area (Å²) in [6.45, 7) is 1.69. The van der Waals surface area contributed by atoms with Crippen molar-refractivity contribution in [3.8, 4) is 0 Å². The summed E-state index contributed by atoms with van der Waals surface area (Å²) in [4.78, 5) is 0. The molecule has 0 aromatic heterocycles. The van der Waals surface area contributed by atoms with E-state index in [0.717, 1.165) is 28.9 Å². The van der Waals surface area contributed by atoms with Gasteiger partial charge in [-0.05, 0) is 18.2 Å². The molecule has 1 atom stereocenters. The molecule has 2 N–H and O–H groups in total. The van der Waals surface area contributed by atoms with Crippen LogP contribution in [0.2, 0.25) is 0 Å². The lowest BCUT2D eigenvalue weighted by atomic mass is 10.2. The van der Waals surface area contributed by atoms with Gasteiger partial charge in [0, 0.05) is 24.7 Å². The largest absolute Gasteiger partial charge is 0.381 e. The maximum Gasteiger partial charge on any atom is 0.0915 e. The van der Waals surface area contributed by atoms with Crippen LogP contribution in [0.3, 0.4) is 0 Å². The molecule has 14 heavy (non-hydrogen) atoms. The van der Waals surface area contributed by atoms with Gasteiger partial charge >= 0.3 is 0 Å². The summed E-state index contributed by atoms with van der Waals surface area (Å²) in [5.41, 5.74) is 2.26. The molecule has 76 valence electrons. The van der Waals surface area contributed by atoms with Crippen molar-refractivity contribution < 1.29 is 4.74 Å². The van der Waals surface area contributed by atoms with Crippen LogP contribution in [-0.2, 0) is 4.74 Å². The number of halogens is 1. The molecule has 1 aliphatic heterocycles. The zero-order chi connectivity index (χ0) is 9.97. The molecule has 0 fully saturated rings. The van der Waals surface area contributed by atoms with Gasteiger partial charge in [-0.3, -0.25) is 0 Å². The molecule has 0 saturated heterocycles. The smallest absolute Gasteiger partial charge is 0.0915 e. The molecular weight excluding hydrogens is 244 g/mol. The van der Waals surface area contributed by atoms with E-state index in [2.05, 4.69) is 38.7 Å². The van der Waals surface area contributed by atoms with Crippen LogP contribution in [-0.4, -0.2) is 26.3 Å². The van der Waals surface area contributed by atoms with Crippen molar-refractivity contribution in [2.75, 3.05) is 30.8 Å². The van der Waals surface area contributed by atoms with Crippen molar-refractivity contribution in [3.63, 3.8) is 0 Å². The summed E-state index contributed by atoms with van der Waals surface area (Å²) in [6.07, 6.45) is 0.223. The van der Waals surface area contributed by atoms with E-state index in [1.807, 2.05) is 6.07 Å². The van der Waals surface area contributed by atoms with Crippen LogP contribution in [0.5, 0.6) is 0 Å². The maximum atomic E-state index is 5.30. The van der Waals surface area contributed by atoms with E-state index in [1.54, 1.807) is 7.11 Å². The zero-order valence-electron chi connectivity index (χ0n) is 8.01. The monoisotopic (exact) mass is 256 g/mol. The van der Waals surface area contributed by atoms with Crippen LogP contribution >= 0.6 is 15.9 Å². The number of rotatable bonds is 1. The van der Waals surface area contributed by atoms with Crippen LogP contribution in [0.25, 0.3) is 0 Å². The van der Waals surface area contributed by atoms with Crippen LogP contribution < -0.4 is 10.6 Å². The van der Waals surface area contributed by atoms with Gasteiger partial charge in [-0.2, -0.15) is 0 Å². The fourth-order valence-corrected chi connectivity index (χ4v) is 1.86. The van der Waals surface area contributed by atoms with Gasteiger partial charge in [0.05, 0.1) is 17.5 Å². The van der Waals surface area contributed by atoms with Crippen molar-refractivity contribution in [3.05, 3.63) is 22.7 Å². The number of nitrogens with one attached hydrogen (secondary N) is 2. The third-order valence-corrected chi connectivity index (χ3v) is 2.85. The molecule has 2 rings (SSSR count). The summed E-state index contributed by atoms with van der Waals surface area (Å²) >= 11 is 3.45. The Morgan fingerprint density at radius 3 is 2.71 bits per heavy atom. The van der Waals surface area contributed by atoms with Gasteiger partial charge in [0.15, 0.2) is 0 Å².